The zero-order chi connectivity index (χ0) is 19.3. The van der Waals surface area contributed by atoms with Gasteiger partial charge in [-0.2, -0.15) is 13.2 Å². The molecule has 0 aliphatic carbocycles. The van der Waals surface area contributed by atoms with Crippen molar-refractivity contribution < 1.29 is 27.5 Å². The Bertz CT molecular complexity index is 744. The monoisotopic (exact) mass is 367 g/mol. The Morgan fingerprint density at radius 1 is 1.08 bits per heavy atom. The molecule has 0 aliphatic rings. The second kappa shape index (κ2) is 8.23. The van der Waals surface area contributed by atoms with Crippen molar-refractivity contribution in [2.45, 2.75) is 25.6 Å². The van der Waals surface area contributed by atoms with Crippen LogP contribution in [0.3, 0.4) is 0 Å². The number of hydroxylamine groups is 2. The van der Waals surface area contributed by atoms with Crippen LogP contribution in [-0.4, -0.2) is 31.2 Å². The molecule has 0 aromatic heterocycles. The molecule has 0 spiro atoms. The number of hydrogen-bond acceptors (Lipinski definition) is 3. The lowest BCUT2D eigenvalue weighted by Crippen LogP contribution is -2.39. The molecule has 0 unspecified atom stereocenters. The zero-order valence-corrected chi connectivity index (χ0v) is 14.7. The second-order valence-electron chi connectivity index (χ2n) is 5.76. The lowest BCUT2D eigenvalue weighted by molar-refractivity contribution is -0.140. The molecule has 1 atom stereocenters. The number of benzene rings is 2. The van der Waals surface area contributed by atoms with Gasteiger partial charge in [-0.05, 0) is 43.2 Å². The number of halogens is 3. The van der Waals surface area contributed by atoms with E-state index in [1.165, 1.54) is 19.2 Å². The first kappa shape index (κ1) is 19.8. The summed E-state index contributed by atoms with van der Waals surface area (Å²) < 4.78 is 44.6. The highest BCUT2D eigenvalue weighted by molar-refractivity contribution is 5.95. The van der Waals surface area contributed by atoms with Crippen molar-refractivity contribution in [3.63, 3.8) is 0 Å². The molecule has 2 rings (SSSR count). The summed E-state index contributed by atoms with van der Waals surface area (Å²) in [6.07, 6.45) is -4.21. The predicted molar refractivity (Wildman–Crippen MR) is 90.8 cm³/mol. The third-order valence-electron chi connectivity index (χ3n) is 3.95. The fraction of sp³-hybridized carbons (Fsp3) is 0.316. The van der Waals surface area contributed by atoms with Crippen LogP contribution in [0.5, 0.6) is 5.75 Å². The van der Waals surface area contributed by atoms with E-state index in [1.54, 1.807) is 26.2 Å². The number of ether oxygens (including phenoxy) is 1. The number of methoxy groups -OCH3 is 1. The third kappa shape index (κ3) is 4.54. The molecule has 140 valence electrons. The van der Waals surface area contributed by atoms with E-state index in [2.05, 4.69) is 0 Å². The number of hydrogen-bond donors (Lipinski definition) is 0. The van der Waals surface area contributed by atoms with Gasteiger partial charge >= 0.3 is 6.18 Å². The molecule has 26 heavy (non-hydrogen) atoms. The van der Waals surface area contributed by atoms with Crippen molar-refractivity contribution >= 4 is 5.91 Å². The van der Waals surface area contributed by atoms with E-state index in [0.29, 0.717) is 12.2 Å². The molecule has 2 aromatic rings. The first-order chi connectivity index (χ1) is 12.3. The second-order valence-corrected chi connectivity index (χ2v) is 5.76. The van der Waals surface area contributed by atoms with E-state index >= 15 is 0 Å². The average molecular weight is 367 g/mol. The van der Waals surface area contributed by atoms with Crippen LogP contribution in [0.2, 0.25) is 0 Å². The molecule has 1 amide bonds. The number of rotatable bonds is 6. The van der Waals surface area contributed by atoms with Gasteiger partial charge in [0, 0.05) is 0 Å². The number of alkyl halides is 3. The Hall–Kier alpha value is -2.54. The molecular formula is C19H20F3NO3. The van der Waals surface area contributed by atoms with Crippen LogP contribution >= 0.6 is 0 Å². The smallest absolute Gasteiger partial charge is 0.417 e. The van der Waals surface area contributed by atoms with Crippen LogP contribution in [0, 0.1) is 0 Å². The van der Waals surface area contributed by atoms with Gasteiger partial charge in [0.25, 0.3) is 5.91 Å². The molecule has 0 aliphatic heterocycles. The van der Waals surface area contributed by atoms with Gasteiger partial charge in [0.15, 0.2) is 0 Å². The van der Waals surface area contributed by atoms with Gasteiger partial charge in [0.1, 0.15) is 5.75 Å². The van der Waals surface area contributed by atoms with Gasteiger partial charge in [0.2, 0.25) is 0 Å². The van der Waals surface area contributed by atoms with E-state index in [1.807, 2.05) is 12.1 Å². The van der Waals surface area contributed by atoms with Gasteiger partial charge < -0.3 is 4.74 Å². The highest BCUT2D eigenvalue weighted by atomic mass is 19.4. The molecule has 0 fully saturated rings. The van der Waals surface area contributed by atoms with Crippen molar-refractivity contribution in [1.82, 2.24) is 5.06 Å². The highest BCUT2D eigenvalue weighted by Crippen LogP contribution is 2.32. The van der Waals surface area contributed by atoms with E-state index in [4.69, 9.17) is 9.57 Å². The first-order valence-electron chi connectivity index (χ1n) is 7.94. The fourth-order valence-corrected chi connectivity index (χ4v) is 2.68. The molecule has 0 saturated heterocycles. The van der Waals surface area contributed by atoms with Crippen molar-refractivity contribution in [2.75, 3.05) is 14.2 Å². The largest absolute Gasteiger partial charge is 0.497 e. The molecule has 0 heterocycles. The summed E-state index contributed by atoms with van der Waals surface area (Å²) in [7, 11) is 2.82. The minimum atomic E-state index is -4.62. The number of carbonyl (C=O) groups is 1. The summed E-state index contributed by atoms with van der Waals surface area (Å²) in [5, 5.41) is 0.967. The summed E-state index contributed by atoms with van der Waals surface area (Å²) in [6.45, 7) is 1.71. The van der Waals surface area contributed by atoms with Gasteiger partial charge in [0.05, 0.1) is 31.4 Å². The average Bonchev–Trinajstić information content (AvgIpc) is 2.62. The molecular weight excluding hydrogens is 347 g/mol. The predicted octanol–water partition coefficient (Wildman–Crippen LogP) is 4.35. The number of amides is 1. The third-order valence-corrected chi connectivity index (χ3v) is 3.95. The quantitative estimate of drug-likeness (QED) is 0.713. The fourth-order valence-electron chi connectivity index (χ4n) is 2.68. The number of carbonyl (C=O) groups excluding carboxylic acids is 1. The van der Waals surface area contributed by atoms with E-state index in [9.17, 15) is 18.0 Å². The Morgan fingerprint density at radius 3 is 2.23 bits per heavy atom. The summed E-state index contributed by atoms with van der Waals surface area (Å²) in [5.41, 5.74) is -0.524. The SMILES string of the molecule is COc1ccc(C[C@@H](C)N(OC)C(=O)c2ccccc2C(F)(F)F)cc1. The molecule has 4 nitrogen and oxygen atoms in total. The van der Waals surface area contributed by atoms with Crippen molar-refractivity contribution in [2.24, 2.45) is 0 Å². The molecule has 7 heteroatoms. The maximum Gasteiger partial charge on any atom is 0.417 e. The van der Waals surface area contributed by atoms with Gasteiger partial charge in [-0.3, -0.25) is 9.63 Å². The van der Waals surface area contributed by atoms with E-state index in [0.717, 1.165) is 22.8 Å². The van der Waals surface area contributed by atoms with Crippen LogP contribution < -0.4 is 4.74 Å². The van der Waals surface area contributed by atoms with E-state index < -0.39 is 29.3 Å². The minimum absolute atomic E-state index is 0.414. The molecule has 0 bridgehead atoms. The standard InChI is InChI=1S/C19H20F3NO3/c1-13(12-14-8-10-15(25-2)11-9-14)23(26-3)18(24)16-6-4-5-7-17(16)19(20,21)22/h4-11,13H,12H2,1-3H3/t13-/m1/s1. The maximum absolute atomic E-state index is 13.2. The number of nitrogens with zero attached hydrogens (tertiary/aromatic N) is 1. The lowest BCUT2D eigenvalue weighted by Gasteiger charge is -2.27. The summed E-state index contributed by atoms with van der Waals surface area (Å²) in [5.74, 6) is -0.137. The van der Waals surface area contributed by atoms with Gasteiger partial charge in [-0.1, -0.05) is 24.3 Å². The van der Waals surface area contributed by atoms with Crippen LogP contribution in [-0.2, 0) is 17.4 Å². The highest BCUT2D eigenvalue weighted by Gasteiger charge is 2.36. The normalized spacial score (nSPS) is 12.5. The van der Waals surface area contributed by atoms with Crippen LogP contribution in [0.15, 0.2) is 48.5 Å². The maximum atomic E-state index is 13.2. The Labute approximate surface area is 150 Å². The topological polar surface area (TPSA) is 38.8 Å². The molecule has 0 N–H and O–H groups in total. The van der Waals surface area contributed by atoms with Gasteiger partial charge in [-0.15, -0.1) is 0 Å². The summed E-state index contributed by atoms with van der Waals surface area (Å²) in [6, 6.07) is 11.4. The Morgan fingerprint density at radius 2 is 1.69 bits per heavy atom. The molecule has 2 aromatic carbocycles. The van der Waals surface area contributed by atoms with Crippen molar-refractivity contribution in [1.29, 1.82) is 0 Å². The molecule has 0 saturated carbocycles. The summed E-state index contributed by atoms with van der Waals surface area (Å²) in [4.78, 5) is 17.8. The van der Waals surface area contributed by atoms with Crippen LogP contribution in [0.1, 0.15) is 28.4 Å². The van der Waals surface area contributed by atoms with Crippen LogP contribution in [0.25, 0.3) is 0 Å². The minimum Gasteiger partial charge on any atom is -0.497 e. The first-order valence-corrected chi connectivity index (χ1v) is 7.94. The van der Waals surface area contributed by atoms with Crippen LogP contribution in [0.4, 0.5) is 13.2 Å². The van der Waals surface area contributed by atoms with Gasteiger partial charge in [-0.25, -0.2) is 5.06 Å². The van der Waals surface area contributed by atoms with Crippen molar-refractivity contribution in [3.05, 3.63) is 65.2 Å². The Balaban J connectivity index is 2.23. The Kier molecular flexibility index (Phi) is 6.26. The lowest BCUT2D eigenvalue weighted by atomic mass is 10.0. The van der Waals surface area contributed by atoms with E-state index in [-0.39, 0.29) is 0 Å². The zero-order valence-electron chi connectivity index (χ0n) is 14.7. The molecule has 0 radical (unpaired) electrons. The summed E-state index contributed by atoms with van der Waals surface area (Å²) >= 11 is 0. The van der Waals surface area contributed by atoms with Crippen molar-refractivity contribution in [3.8, 4) is 5.75 Å².